The number of aryl methyl sites for hydroxylation is 1. The Bertz CT molecular complexity index is 316. The Kier molecular flexibility index (Phi) is 4.90. The van der Waals surface area contributed by atoms with Crippen LogP contribution >= 0.6 is 27.5 Å². The van der Waals surface area contributed by atoms with Crippen molar-refractivity contribution in [2.75, 3.05) is 6.54 Å². The molecular weight excluding hydrogens is 277 g/mol. The third-order valence-electron chi connectivity index (χ3n) is 2.20. The normalized spacial score (nSPS) is 12.6. The van der Waals surface area contributed by atoms with Gasteiger partial charge in [-0.3, -0.25) is 0 Å². The molecule has 1 aromatic rings. The fraction of sp³-hybridized carbons (Fsp3) is 0.455. The predicted molar refractivity (Wildman–Crippen MR) is 67.7 cm³/mol. The molecule has 0 saturated heterocycles. The van der Waals surface area contributed by atoms with Crippen molar-refractivity contribution in [2.45, 2.75) is 26.4 Å². The summed E-state index contributed by atoms with van der Waals surface area (Å²) in [7, 11) is 0. The topological polar surface area (TPSA) is 35.2 Å². The lowest BCUT2D eigenvalue weighted by atomic mass is 10.2. The standard InChI is InChI=1S/C11H15BrClNO/c1-3-9(6-14)15-11-7(2)4-8(12)5-10(11)13/h4-5,9H,3,6,14H2,1-2H3. The van der Waals surface area contributed by atoms with Crippen molar-refractivity contribution in [3.63, 3.8) is 0 Å². The van der Waals surface area contributed by atoms with E-state index in [1.807, 2.05) is 26.0 Å². The smallest absolute Gasteiger partial charge is 0.141 e. The van der Waals surface area contributed by atoms with Gasteiger partial charge in [-0.25, -0.2) is 0 Å². The second-order valence-corrected chi connectivity index (χ2v) is 4.74. The molecule has 2 N–H and O–H groups in total. The molecule has 1 aromatic carbocycles. The quantitative estimate of drug-likeness (QED) is 0.921. The summed E-state index contributed by atoms with van der Waals surface area (Å²) in [5, 5.41) is 0.619. The lowest BCUT2D eigenvalue weighted by Gasteiger charge is -2.18. The monoisotopic (exact) mass is 291 g/mol. The third kappa shape index (κ3) is 3.37. The van der Waals surface area contributed by atoms with Crippen molar-refractivity contribution in [3.05, 3.63) is 27.2 Å². The number of hydrogen-bond donors (Lipinski definition) is 1. The summed E-state index contributed by atoms with van der Waals surface area (Å²) in [5.41, 5.74) is 6.60. The van der Waals surface area contributed by atoms with Crippen LogP contribution in [0.4, 0.5) is 0 Å². The molecule has 1 rings (SSSR count). The van der Waals surface area contributed by atoms with Crippen molar-refractivity contribution in [1.82, 2.24) is 0 Å². The molecule has 2 nitrogen and oxygen atoms in total. The van der Waals surface area contributed by atoms with Crippen molar-refractivity contribution in [1.29, 1.82) is 0 Å². The molecule has 0 radical (unpaired) electrons. The first-order chi connectivity index (χ1) is 7.08. The van der Waals surface area contributed by atoms with E-state index in [0.29, 0.717) is 11.6 Å². The summed E-state index contributed by atoms with van der Waals surface area (Å²) >= 11 is 9.48. The summed E-state index contributed by atoms with van der Waals surface area (Å²) in [6, 6.07) is 3.80. The van der Waals surface area contributed by atoms with Gasteiger partial charge in [0.05, 0.1) is 5.02 Å². The van der Waals surface area contributed by atoms with Gasteiger partial charge in [-0.1, -0.05) is 34.5 Å². The van der Waals surface area contributed by atoms with Crippen LogP contribution in [-0.2, 0) is 0 Å². The molecular formula is C11H15BrClNO. The van der Waals surface area contributed by atoms with Gasteiger partial charge in [0.2, 0.25) is 0 Å². The van der Waals surface area contributed by atoms with Gasteiger partial charge in [0, 0.05) is 11.0 Å². The molecule has 0 bridgehead atoms. The lowest BCUT2D eigenvalue weighted by Crippen LogP contribution is -2.26. The van der Waals surface area contributed by atoms with Crippen LogP contribution in [0.1, 0.15) is 18.9 Å². The highest BCUT2D eigenvalue weighted by Gasteiger charge is 2.12. The summed E-state index contributed by atoms with van der Waals surface area (Å²) in [5.74, 6) is 0.733. The first-order valence-corrected chi connectivity index (χ1v) is 6.08. The number of nitrogens with two attached hydrogens (primary N) is 1. The van der Waals surface area contributed by atoms with E-state index in [-0.39, 0.29) is 6.10 Å². The van der Waals surface area contributed by atoms with Crippen molar-refractivity contribution >= 4 is 27.5 Å². The zero-order valence-electron chi connectivity index (χ0n) is 8.89. The second kappa shape index (κ2) is 5.73. The Hall–Kier alpha value is -0.250. The van der Waals surface area contributed by atoms with Crippen LogP contribution in [0.15, 0.2) is 16.6 Å². The molecule has 0 fully saturated rings. The van der Waals surface area contributed by atoms with Gasteiger partial charge in [-0.2, -0.15) is 0 Å². The third-order valence-corrected chi connectivity index (χ3v) is 2.94. The highest BCUT2D eigenvalue weighted by Crippen LogP contribution is 2.32. The Balaban J connectivity index is 2.94. The zero-order valence-corrected chi connectivity index (χ0v) is 11.2. The van der Waals surface area contributed by atoms with E-state index in [0.717, 1.165) is 22.2 Å². The molecule has 0 amide bonds. The van der Waals surface area contributed by atoms with Gasteiger partial charge in [0.25, 0.3) is 0 Å². The highest BCUT2D eigenvalue weighted by atomic mass is 79.9. The Morgan fingerprint density at radius 2 is 2.20 bits per heavy atom. The molecule has 15 heavy (non-hydrogen) atoms. The maximum Gasteiger partial charge on any atom is 0.141 e. The highest BCUT2D eigenvalue weighted by molar-refractivity contribution is 9.10. The zero-order chi connectivity index (χ0) is 11.4. The second-order valence-electron chi connectivity index (χ2n) is 3.42. The molecule has 4 heteroatoms. The van der Waals surface area contributed by atoms with Crippen molar-refractivity contribution < 1.29 is 4.74 Å². The van der Waals surface area contributed by atoms with Crippen LogP contribution in [0, 0.1) is 6.92 Å². The molecule has 0 saturated carbocycles. The van der Waals surface area contributed by atoms with E-state index in [1.54, 1.807) is 0 Å². The first kappa shape index (κ1) is 12.8. The number of rotatable bonds is 4. The van der Waals surface area contributed by atoms with Gasteiger partial charge < -0.3 is 10.5 Å². The number of ether oxygens (including phenoxy) is 1. The number of halogens is 2. The van der Waals surface area contributed by atoms with E-state index in [1.165, 1.54) is 0 Å². The van der Waals surface area contributed by atoms with E-state index in [9.17, 15) is 0 Å². The maximum absolute atomic E-state index is 6.10. The van der Waals surface area contributed by atoms with Crippen LogP contribution in [0.3, 0.4) is 0 Å². The maximum atomic E-state index is 6.10. The summed E-state index contributed by atoms with van der Waals surface area (Å²) in [4.78, 5) is 0. The molecule has 0 aliphatic rings. The van der Waals surface area contributed by atoms with Gasteiger partial charge >= 0.3 is 0 Å². The molecule has 1 atom stereocenters. The SMILES string of the molecule is CCC(CN)Oc1c(C)cc(Br)cc1Cl. The summed E-state index contributed by atoms with van der Waals surface area (Å²) in [6.45, 7) is 4.51. The van der Waals surface area contributed by atoms with Crippen LogP contribution < -0.4 is 10.5 Å². The number of benzene rings is 1. The summed E-state index contributed by atoms with van der Waals surface area (Å²) in [6.07, 6.45) is 0.907. The molecule has 0 aliphatic carbocycles. The Labute approximate surface area is 104 Å². The predicted octanol–water partition coefficient (Wildman–Crippen LogP) is 3.53. The average molecular weight is 293 g/mol. The van der Waals surface area contributed by atoms with Crippen molar-refractivity contribution in [3.8, 4) is 5.75 Å². The van der Waals surface area contributed by atoms with Crippen LogP contribution in [0.5, 0.6) is 5.75 Å². The fourth-order valence-corrected chi connectivity index (χ4v) is 2.32. The minimum absolute atomic E-state index is 0.0300. The molecule has 0 spiro atoms. The molecule has 1 unspecified atom stereocenters. The van der Waals surface area contributed by atoms with E-state index in [2.05, 4.69) is 15.9 Å². The molecule has 84 valence electrons. The minimum Gasteiger partial charge on any atom is -0.487 e. The van der Waals surface area contributed by atoms with Gasteiger partial charge in [0.15, 0.2) is 0 Å². The first-order valence-electron chi connectivity index (χ1n) is 4.90. The lowest BCUT2D eigenvalue weighted by molar-refractivity contribution is 0.204. The van der Waals surface area contributed by atoms with Crippen LogP contribution in [0.2, 0.25) is 5.02 Å². The van der Waals surface area contributed by atoms with E-state index < -0.39 is 0 Å². The minimum atomic E-state index is 0.0300. The number of hydrogen-bond acceptors (Lipinski definition) is 2. The van der Waals surface area contributed by atoms with Gasteiger partial charge in [0.1, 0.15) is 11.9 Å². The van der Waals surface area contributed by atoms with Gasteiger partial charge in [-0.15, -0.1) is 0 Å². The van der Waals surface area contributed by atoms with E-state index >= 15 is 0 Å². The molecule has 0 aromatic heterocycles. The van der Waals surface area contributed by atoms with Crippen molar-refractivity contribution in [2.24, 2.45) is 5.73 Å². The van der Waals surface area contributed by atoms with E-state index in [4.69, 9.17) is 22.1 Å². The largest absolute Gasteiger partial charge is 0.487 e. The van der Waals surface area contributed by atoms with Crippen LogP contribution in [-0.4, -0.2) is 12.6 Å². The molecule has 0 aliphatic heterocycles. The Morgan fingerprint density at radius 1 is 1.53 bits per heavy atom. The summed E-state index contributed by atoms with van der Waals surface area (Å²) < 4.78 is 6.71. The fourth-order valence-electron chi connectivity index (χ4n) is 1.30. The molecule has 0 heterocycles. The van der Waals surface area contributed by atoms with Gasteiger partial charge in [-0.05, 0) is 31.0 Å². The Morgan fingerprint density at radius 3 is 2.67 bits per heavy atom. The average Bonchev–Trinajstić information content (AvgIpc) is 2.17. The van der Waals surface area contributed by atoms with Crippen LogP contribution in [0.25, 0.3) is 0 Å².